The van der Waals surface area contributed by atoms with E-state index in [1.165, 1.54) is 22.3 Å². The first kappa shape index (κ1) is 30.7. The van der Waals surface area contributed by atoms with E-state index in [4.69, 9.17) is 13.8 Å². The molecule has 0 N–H and O–H groups in total. The molecule has 256 valence electrons. The largest absolute Gasteiger partial charge is 0.456 e. The number of anilines is 3. The summed E-state index contributed by atoms with van der Waals surface area (Å²) >= 11 is 0. The molecule has 8 aromatic carbocycles. The molecule has 11 rings (SSSR count). The third kappa shape index (κ3) is 4.60. The summed E-state index contributed by atoms with van der Waals surface area (Å²) in [6.45, 7) is 4.67. The molecule has 0 saturated heterocycles. The van der Waals surface area contributed by atoms with Crippen molar-refractivity contribution in [3.8, 4) is 33.7 Å². The number of hydrogen-bond acceptors (Lipinski definition) is 4. The molecule has 2 aromatic heterocycles. The van der Waals surface area contributed by atoms with Crippen LogP contribution in [0.25, 0.3) is 77.5 Å². The quantitative estimate of drug-likeness (QED) is 0.180. The summed E-state index contributed by atoms with van der Waals surface area (Å²) in [4.78, 5) is 7.45. The number of fused-ring (bicyclic) bond motifs is 9. The average Bonchev–Trinajstić information content (AvgIpc) is 3.90. The summed E-state index contributed by atoms with van der Waals surface area (Å²) in [6, 6.07) is 60.1. The predicted molar refractivity (Wildman–Crippen MR) is 222 cm³/mol. The highest BCUT2D eigenvalue weighted by Gasteiger charge is 2.35. The van der Waals surface area contributed by atoms with Gasteiger partial charge in [-0.3, -0.25) is 0 Å². The van der Waals surface area contributed by atoms with Gasteiger partial charge in [-0.05, 0) is 99.9 Å². The smallest absolute Gasteiger partial charge is 0.227 e. The van der Waals surface area contributed by atoms with Crippen LogP contribution in [0.2, 0.25) is 0 Å². The summed E-state index contributed by atoms with van der Waals surface area (Å²) in [6.07, 6.45) is 0. The normalized spacial score (nSPS) is 13.1. The van der Waals surface area contributed by atoms with Gasteiger partial charge in [0.2, 0.25) is 5.89 Å². The number of oxazole rings is 1. The number of aromatic nitrogens is 1. The Bertz CT molecular complexity index is 3080. The molecule has 4 nitrogen and oxygen atoms in total. The lowest BCUT2D eigenvalue weighted by molar-refractivity contribution is 0.623. The molecule has 0 amide bonds. The minimum atomic E-state index is -0.125. The molecule has 4 heteroatoms. The van der Waals surface area contributed by atoms with Crippen molar-refractivity contribution in [1.82, 2.24) is 4.98 Å². The summed E-state index contributed by atoms with van der Waals surface area (Å²) < 4.78 is 12.8. The lowest BCUT2D eigenvalue weighted by Gasteiger charge is -2.28. The fourth-order valence-electron chi connectivity index (χ4n) is 8.58. The van der Waals surface area contributed by atoms with Gasteiger partial charge < -0.3 is 13.7 Å². The zero-order chi connectivity index (χ0) is 36.0. The standard InChI is InChI=1S/C50H34N2O2/c1-50(2)43-18-10-8-16-38(43)39-26-24-36(30-44(39)50)52(35-25-27-46-42(29-35)40-17-9-11-19-45(40)53-46)34-22-20-31(21-23-34)41-28-33-14-6-7-15-37(33)48-47(41)51-49(54-48)32-12-4-3-5-13-32/h3-30H,1-2H3. The van der Waals surface area contributed by atoms with Crippen molar-refractivity contribution in [2.45, 2.75) is 19.3 Å². The van der Waals surface area contributed by atoms with E-state index in [9.17, 15) is 0 Å². The number of hydrogen-bond donors (Lipinski definition) is 0. The summed E-state index contributed by atoms with van der Waals surface area (Å²) in [7, 11) is 0. The van der Waals surface area contributed by atoms with E-state index in [2.05, 4.69) is 146 Å². The van der Waals surface area contributed by atoms with Gasteiger partial charge in [-0.2, -0.15) is 0 Å². The molecule has 2 heterocycles. The Morgan fingerprint density at radius 3 is 2.00 bits per heavy atom. The maximum Gasteiger partial charge on any atom is 0.227 e. The Morgan fingerprint density at radius 2 is 1.13 bits per heavy atom. The topological polar surface area (TPSA) is 42.4 Å². The van der Waals surface area contributed by atoms with E-state index in [1.54, 1.807) is 0 Å². The van der Waals surface area contributed by atoms with Gasteiger partial charge in [0, 0.05) is 49.8 Å². The Morgan fingerprint density at radius 1 is 0.463 bits per heavy atom. The highest BCUT2D eigenvalue weighted by molar-refractivity contribution is 6.10. The Labute approximate surface area is 312 Å². The average molecular weight is 695 g/mol. The monoisotopic (exact) mass is 694 g/mol. The first-order valence-corrected chi connectivity index (χ1v) is 18.5. The minimum absolute atomic E-state index is 0.125. The third-order valence-corrected chi connectivity index (χ3v) is 11.3. The van der Waals surface area contributed by atoms with Crippen molar-refractivity contribution >= 4 is 60.9 Å². The van der Waals surface area contributed by atoms with E-state index in [1.807, 2.05) is 42.5 Å². The van der Waals surface area contributed by atoms with Crippen LogP contribution in [-0.4, -0.2) is 4.98 Å². The van der Waals surface area contributed by atoms with Crippen molar-refractivity contribution < 1.29 is 8.83 Å². The molecule has 0 saturated carbocycles. The molecule has 0 bridgehead atoms. The van der Waals surface area contributed by atoms with Crippen LogP contribution in [-0.2, 0) is 5.41 Å². The van der Waals surface area contributed by atoms with Gasteiger partial charge >= 0.3 is 0 Å². The Hall–Kier alpha value is -6.91. The first-order chi connectivity index (χ1) is 26.5. The van der Waals surface area contributed by atoms with Crippen LogP contribution >= 0.6 is 0 Å². The number of furan rings is 1. The van der Waals surface area contributed by atoms with E-state index < -0.39 is 0 Å². The summed E-state index contributed by atoms with van der Waals surface area (Å²) in [5, 5.41) is 4.37. The molecule has 10 aromatic rings. The van der Waals surface area contributed by atoms with E-state index >= 15 is 0 Å². The second-order valence-electron chi connectivity index (χ2n) is 14.8. The zero-order valence-corrected chi connectivity index (χ0v) is 29.9. The highest BCUT2D eigenvalue weighted by atomic mass is 16.3. The zero-order valence-electron chi connectivity index (χ0n) is 29.9. The Kier molecular flexibility index (Phi) is 6.56. The van der Waals surface area contributed by atoms with Crippen molar-refractivity contribution in [3.05, 3.63) is 181 Å². The van der Waals surface area contributed by atoms with Crippen molar-refractivity contribution in [2.75, 3.05) is 4.90 Å². The molecule has 0 fully saturated rings. The fourth-order valence-corrected chi connectivity index (χ4v) is 8.58. The van der Waals surface area contributed by atoms with E-state index in [-0.39, 0.29) is 5.41 Å². The van der Waals surface area contributed by atoms with Crippen LogP contribution in [0.5, 0.6) is 0 Å². The van der Waals surface area contributed by atoms with Crippen molar-refractivity contribution in [2.24, 2.45) is 0 Å². The van der Waals surface area contributed by atoms with E-state index in [0.717, 1.165) is 77.6 Å². The minimum Gasteiger partial charge on any atom is -0.456 e. The third-order valence-electron chi connectivity index (χ3n) is 11.3. The van der Waals surface area contributed by atoms with Crippen LogP contribution in [0, 0.1) is 0 Å². The predicted octanol–water partition coefficient (Wildman–Crippen LogP) is 14.0. The first-order valence-electron chi connectivity index (χ1n) is 18.5. The van der Waals surface area contributed by atoms with Crippen LogP contribution in [0.3, 0.4) is 0 Å². The SMILES string of the molecule is CC1(C)c2ccccc2-c2ccc(N(c3ccc(-c4cc5ccccc5c5oc(-c6ccccc6)nc45)cc3)c3ccc4oc5ccccc5c4c3)cc21. The molecule has 0 spiro atoms. The van der Waals surface area contributed by atoms with Crippen molar-refractivity contribution in [3.63, 3.8) is 0 Å². The maximum absolute atomic E-state index is 6.52. The molecular formula is C50H34N2O2. The second-order valence-corrected chi connectivity index (χ2v) is 14.8. The van der Waals surface area contributed by atoms with Gasteiger partial charge in [-0.25, -0.2) is 4.98 Å². The number of rotatable bonds is 5. The fraction of sp³-hybridized carbons (Fsp3) is 0.0600. The molecule has 1 aliphatic rings. The van der Waals surface area contributed by atoms with Gasteiger partial charge in [0.15, 0.2) is 5.58 Å². The molecular weight excluding hydrogens is 661 g/mol. The molecule has 54 heavy (non-hydrogen) atoms. The lowest BCUT2D eigenvalue weighted by atomic mass is 9.82. The van der Waals surface area contributed by atoms with Gasteiger partial charge in [0.05, 0.1) is 0 Å². The van der Waals surface area contributed by atoms with Gasteiger partial charge in [0.25, 0.3) is 0 Å². The molecule has 0 unspecified atom stereocenters. The maximum atomic E-state index is 6.52. The van der Waals surface area contributed by atoms with Crippen molar-refractivity contribution in [1.29, 1.82) is 0 Å². The van der Waals surface area contributed by atoms with Crippen LogP contribution < -0.4 is 4.90 Å². The number of nitrogens with zero attached hydrogens (tertiary/aromatic N) is 2. The van der Waals surface area contributed by atoms with E-state index in [0.29, 0.717) is 5.89 Å². The van der Waals surface area contributed by atoms with Gasteiger partial charge in [-0.1, -0.05) is 117 Å². The number of para-hydroxylation sites is 1. The molecule has 0 atom stereocenters. The Balaban J connectivity index is 1.08. The summed E-state index contributed by atoms with van der Waals surface area (Å²) in [5.74, 6) is 0.620. The van der Waals surface area contributed by atoms with Gasteiger partial charge in [0.1, 0.15) is 16.7 Å². The lowest BCUT2D eigenvalue weighted by Crippen LogP contribution is -2.16. The second kappa shape index (κ2) is 11.5. The van der Waals surface area contributed by atoms with Crippen LogP contribution in [0.1, 0.15) is 25.0 Å². The molecule has 1 aliphatic carbocycles. The van der Waals surface area contributed by atoms with Crippen LogP contribution in [0.15, 0.2) is 179 Å². The highest BCUT2D eigenvalue weighted by Crippen LogP contribution is 2.51. The van der Waals surface area contributed by atoms with Gasteiger partial charge in [-0.15, -0.1) is 0 Å². The molecule has 0 aliphatic heterocycles. The molecule has 0 radical (unpaired) electrons. The number of benzene rings is 8. The summed E-state index contributed by atoms with van der Waals surface area (Å²) in [5.41, 5.74) is 14.9. The van der Waals surface area contributed by atoms with Crippen LogP contribution in [0.4, 0.5) is 17.1 Å².